The summed E-state index contributed by atoms with van der Waals surface area (Å²) in [6.45, 7) is 5.13. The molecule has 5 nitrogen and oxygen atoms in total. The van der Waals surface area contributed by atoms with Crippen molar-refractivity contribution in [2.75, 3.05) is 13.2 Å². The SMILES string of the molecule is CC(C)C1C=C(C(=O)NCc2ccc(F)cc2)OC(OCCCCO)C1. The van der Waals surface area contributed by atoms with Crippen molar-refractivity contribution in [1.82, 2.24) is 5.32 Å². The van der Waals surface area contributed by atoms with Crippen molar-refractivity contribution in [2.45, 2.75) is 45.9 Å². The minimum atomic E-state index is -0.460. The van der Waals surface area contributed by atoms with Gasteiger partial charge >= 0.3 is 0 Å². The van der Waals surface area contributed by atoms with Gasteiger partial charge in [0.2, 0.25) is 6.29 Å². The predicted molar refractivity (Wildman–Crippen MR) is 96.4 cm³/mol. The number of allylic oxidation sites excluding steroid dienone is 1. The lowest BCUT2D eigenvalue weighted by Gasteiger charge is -2.30. The number of benzene rings is 1. The number of unbranched alkanes of at least 4 members (excludes halogenated alkanes) is 1. The maximum atomic E-state index is 12.9. The van der Waals surface area contributed by atoms with Crippen molar-refractivity contribution in [1.29, 1.82) is 0 Å². The summed E-state index contributed by atoms with van der Waals surface area (Å²) in [5, 5.41) is 11.6. The predicted octanol–water partition coefficient (Wildman–Crippen LogP) is 3.13. The highest BCUT2D eigenvalue weighted by atomic mass is 19.1. The second-order valence-corrected chi connectivity index (χ2v) is 6.83. The highest BCUT2D eigenvalue weighted by Gasteiger charge is 2.29. The van der Waals surface area contributed by atoms with E-state index in [1.165, 1.54) is 12.1 Å². The van der Waals surface area contributed by atoms with Crippen LogP contribution < -0.4 is 5.32 Å². The molecule has 1 aromatic rings. The van der Waals surface area contributed by atoms with Crippen LogP contribution in [0.15, 0.2) is 36.1 Å². The standard InChI is InChI=1S/C20H28FNO4/c1-14(2)16-11-18(26-19(12-16)25-10-4-3-9-23)20(24)22-13-15-5-7-17(21)8-6-15/h5-8,11,14,16,19,23H,3-4,9-10,12-13H2,1-2H3,(H,22,24). The third kappa shape index (κ3) is 6.42. The van der Waals surface area contributed by atoms with Crippen molar-refractivity contribution in [3.63, 3.8) is 0 Å². The number of ether oxygens (including phenoxy) is 2. The van der Waals surface area contributed by atoms with Gasteiger partial charge < -0.3 is 19.9 Å². The molecule has 0 bridgehead atoms. The Kier molecular flexibility index (Phi) is 8.06. The molecule has 0 radical (unpaired) electrons. The van der Waals surface area contributed by atoms with Gasteiger partial charge in [-0.1, -0.05) is 26.0 Å². The summed E-state index contributed by atoms with van der Waals surface area (Å²) in [7, 11) is 0. The fourth-order valence-electron chi connectivity index (χ4n) is 2.71. The van der Waals surface area contributed by atoms with Gasteiger partial charge in [-0.15, -0.1) is 0 Å². The lowest BCUT2D eigenvalue weighted by molar-refractivity contribution is -0.150. The van der Waals surface area contributed by atoms with Crippen molar-refractivity contribution in [2.24, 2.45) is 11.8 Å². The zero-order chi connectivity index (χ0) is 18.9. The Morgan fingerprint density at radius 3 is 2.73 bits per heavy atom. The Hall–Kier alpha value is -1.92. The molecule has 1 aliphatic heterocycles. The Labute approximate surface area is 154 Å². The molecule has 0 aliphatic carbocycles. The average Bonchev–Trinajstić information content (AvgIpc) is 2.64. The van der Waals surface area contributed by atoms with E-state index in [0.29, 0.717) is 31.9 Å². The molecule has 2 atom stereocenters. The average molecular weight is 365 g/mol. The van der Waals surface area contributed by atoms with Crippen LogP contribution in [0, 0.1) is 17.7 Å². The molecule has 2 rings (SSSR count). The number of nitrogens with one attached hydrogen (secondary N) is 1. The second kappa shape index (κ2) is 10.3. The minimum Gasteiger partial charge on any atom is -0.459 e. The second-order valence-electron chi connectivity index (χ2n) is 6.83. The lowest BCUT2D eigenvalue weighted by Crippen LogP contribution is -2.34. The maximum Gasteiger partial charge on any atom is 0.286 e. The molecule has 2 unspecified atom stereocenters. The number of hydrogen-bond donors (Lipinski definition) is 2. The molecule has 0 spiro atoms. The number of carbonyl (C=O) groups excluding carboxylic acids is 1. The first-order chi connectivity index (χ1) is 12.5. The normalized spacial score (nSPS) is 19.8. The molecule has 1 amide bonds. The monoisotopic (exact) mass is 365 g/mol. The van der Waals surface area contributed by atoms with E-state index in [1.807, 2.05) is 6.08 Å². The van der Waals surface area contributed by atoms with E-state index in [2.05, 4.69) is 19.2 Å². The maximum absolute atomic E-state index is 12.9. The first-order valence-corrected chi connectivity index (χ1v) is 9.13. The number of carbonyl (C=O) groups is 1. The van der Waals surface area contributed by atoms with Gasteiger partial charge in [-0.2, -0.15) is 0 Å². The number of rotatable bonds is 9. The Morgan fingerprint density at radius 1 is 1.35 bits per heavy atom. The summed E-state index contributed by atoms with van der Waals surface area (Å²) in [5.74, 6) is 0.215. The van der Waals surface area contributed by atoms with Crippen LogP contribution in [0.25, 0.3) is 0 Å². The summed E-state index contributed by atoms with van der Waals surface area (Å²) in [6, 6.07) is 6.00. The summed E-state index contributed by atoms with van der Waals surface area (Å²) in [6.07, 6.45) is 3.53. The van der Waals surface area contributed by atoms with Gasteiger partial charge in [0.05, 0.1) is 6.61 Å². The van der Waals surface area contributed by atoms with E-state index < -0.39 is 6.29 Å². The molecule has 0 saturated heterocycles. The summed E-state index contributed by atoms with van der Waals surface area (Å²) in [4.78, 5) is 12.5. The van der Waals surface area contributed by atoms with Crippen molar-refractivity contribution in [3.8, 4) is 0 Å². The Bertz CT molecular complexity index is 600. The van der Waals surface area contributed by atoms with E-state index in [0.717, 1.165) is 12.0 Å². The largest absolute Gasteiger partial charge is 0.459 e. The third-order valence-corrected chi connectivity index (χ3v) is 4.39. The van der Waals surface area contributed by atoms with Crippen LogP contribution in [0.2, 0.25) is 0 Å². The van der Waals surface area contributed by atoms with E-state index in [4.69, 9.17) is 14.6 Å². The van der Waals surface area contributed by atoms with E-state index in [-0.39, 0.29) is 30.0 Å². The quantitative estimate of drug-likeness (QED) is 0.660. The fourth-order valence-corrected chi connectivity index (χ4v) is 2.71. The van der Waals surface area contributed by atoms with Gasteiger partial charge in [-0.25, -0.2) is 4.39 Å². The van der Waals surface area contributed by atoms with E-state index >= 15 is 0 Å². The first-order valence-electron chi connectivity index (χ1n) is 9.13. The molecule has 0 fully saturated rings. The molecule has 144 valence electrons. The molecule has 6 heteroatoms. The van der Waals surface area contributed by atoms with Crippen molar-refractivity contribution in [3.05, 3.63) is 47.5 Å². The van der Waals surface area contributed by atoms with Crippen LogP contribution in [-0.4, -0.2) is 30.5 Å². The minimum absolute atomic E-state index is 0.139. The smallest absolute Gasteiger partial charge is 0.286 e. The van der Waals surface area contributed by atoms with E-state index in [9.17, 15) is 9.18 Å². The van der Waals surface area contributed by atoms with Gasteiger partial charge in [-0.3, -0.25) is 4.79 Å². The zero-order valence-electron chi connectivity index (χ0n) is 15.4. The fraction of sp³-hybridized carbons (Fsp3) is 0.550. The Morgan fingerprint density at radius 2 is 2.08 bits per heavy atom. The molecule has 1 aromatic carbocycles. The van der Waals surface area contributed by atoms with Gasteiger partial charge in [0.25, 0.3) is 5.91 Å². The van der Waals surface area contributed by atoms with Gasteiger partial charge in [-0.05, 0) is 48.4 Å². The van der Waals surface area contributed by atoms with Crippen LogP contribution >= 0.6 is 0 Å². The molecule has 0 saturated carbocycles. The molecule has 26 heavy (non-hydrogen) atoms. The molecule has 1 aliphatic rings. The van der Waals surface area contributed by atoms with Crippen LogP contribution in [-0.2, 0) is 20.8 Å². The number of aliphatic hydroxyl groups excluding tert-OH is 1. The van der Waals surface area contributed by atoms with Crippen LogP contribution in [0.5, 0.6) is 0 Å². The summed E-state index contributed by atoms with van der Waals surface area (Å²) in [5.41, 5.74) is 0.813. The molecule has 2 N–H and O–H groups in total. The van der Waals surface area contributed by atoms with Crippen molar-refractivity contribution < 1.29 is 23.8 Å². The number of halogens is 1. The topological polar surface area (TPSA) is 67.8 Å². The number of hydrogen-bond acceptors (Lipinski definition) is 4. The van der Waals surface area contributed by atoms with Gasteiger partial charge in [0.15, 0.2) is 5.76 Å². The Balaban J connectivity index is 1.92. The summed E-state index contributed by atoms with van der Waals surface area (Å²) >= 11 is 0. The molecule has 0 aromatic heterocycles. The number of aliphatic hydroxyl groups is 1. The summed E-state index contributed by atoms with van der Waals surface area (Å²) < 4.78 is 24.4. The first kappa shape index (κ1) is 20.4. The van der Waals surface area contributed by atoms with E-state index in [1.54, 1.807) is 12.1 Å². The van der Waals surface area contributed by atoms with Crippen LogP contribution in [0.1, 0.15) is 38.7 Å². The lowest BCUT2D eigenvalue weighted by atomic mass is 9.90. The highest BCUT2D eigenvalue weighted by molar-refractivity contribution is 5.91. The van der Waals surface area contributed by atoms with Crippen molar-refractivity contribution >= 4 is 5.91 Å². The third-order valence-electron chi connectivity index (χ3n) is 4.39. The molecular weight excluding hydrogens is 337 g/mol. The molecule has 1 heterocycles. The van der Waals surface area contributed by atoms with Gasteiger partial charge in [0.1, 0.15) is 5.82 Å². The van der Waals surface area contributed by atoms with Gasteiger partial charge in [0, 0.05) is 19.6 Å². The number of amides is 1. The molecular formula is C20H28FNO4. The zero-order valence-corrected chi connectivity index (χ0v) is 15.4. The van der Waals surface area contributed by atoms with Crippen LogP contribution in [0.4, 0.5) is 4.39 Å². The van der Waals surface area contributed by atoms with Crippen LogP contribution in [0.3, 0.4) is 0 Å². The highest BCUT2D eigenvalue weighted by Crippen LogP contribution is 2.28.